The van der Waals surface area contributed by atoms with E-state index in [1.807, 2.05) is 41.5 Å². The van der Waals surface area contributed by atoms with E-state index in [4.69, 9.17) is 0 Å². The zero-order valence-electron chi connectivity index (χ0n) is 13.7. The van der Waals surface area contributed by atoms with Gasteiger partial charge < -0.3 is 0 Å². The molecule has 0 N–H and O–H groups in total. The first-order valence-corrected chi connectivity index (χ1v) is 9.65. The first kappa shape index (κ1) is 16.8. The molecule has 1 aliphatic carbocycles. The molecule has 1 rings (SSSR count). The Morgan fingerprint density at radius 1 is 0.947 bits per heavy atom. The van der Waals surface area contributed by atoms with Gasteiger partial charge in [0, 0.05) is 6.42 Å². The molecule has 0 amide bonds. The predicted molar refractivity (Wildman–Crippen MR) is 85.3 cm³/mol. The van der Waals surface area contributed by atoms with Gasteiger partial charge in [0.1, 0.15) is 0 Å². The molecule has 19 heavy (non-hydrogen) atoms. The molecule has 0 aromatic heterocycles. The molecule has 110 valence electrons. The Labute approximate surface area is 120 Å². The standard InChI is InChI=1S/C17H31FSi/c1-16(2,3)19(18,17(4,5)6)14-10-13-15-11-8-7-9-12-15/h15H,7-9,11-13H2,1-6H3. The van der Waals surface area contributed by atoms with Gasteiger partial charge in [-0.15, -0.1) is 5.92 Å². The summed E-state index contributed by atoms with van der Waals surface area (Å²) in [5.74, 6) is 3.97. The Hall–Kier alpha value is -0.293. The number of hydrogen-bond donors (Lipinski definition) is 0. The Kier molecular flexibility index (Phi) is 5.29. The zero-order chi connectivity index (χ0) is 14.7. The van der Waals surface area contributed by atoms with Gasteiger partial charge in [0.25, 0.3) is 0 Å². The van der Waals surface area contributed by atoms with Crippen molar-refractivity contribution >= 4 is 8.41 Å². The van der Waals surface area contributed by atoms with E-state index in [0.29, 0.717) is 0 Å². The van der Waals surface area contributed by atoms with Crippen LogP contribution in [0.25, 0.3) is 0 Å². The van der Waals surface area contributed by atoms with Crippen LogP contribution in [0.2, 0.25) is 10.1 Å². The summed E-state index contributed by atoms with van der Waals surface area (Å²) in [4.78, 5) is 0. The van der Waals surface area contributed by atoms with Crippen LogP contribution in [0.4, 0.5) is 4.11 Å². The van der Waals surface area contributed by atoms with Gasteiger partial charge in [-0.05, 0) is 28.8 Å². The fraction of sp³-hybridized carbons (Fsp3) is 0.882. The predicted octanol–water partition coefficient (Wildman–Crippen LogP) is 6.01. The zero-order valence-corrected chi connectivity index (χ0v) is 14.7. The van der Waals surface area contributed by atoms with Gasteiger partial charge in [-0.25, -0.2) is 0 Å². The minimum Gasteiger partial charge on any atom is -0.296 e. The highest BCUT2D eigenvalue weighted by molar-refractivity contribution is 6.86. The molecule has 0 unspecified atom stereocenters. The molecule has 1 fully saturated rings. The lowest BCUT2D eigenvalue weighted by molar-refractivity contribution is 0.365. The summed E-state index contributed by atoms with van der Waals surface area (Å²) in [5.41, 5.74) is 3.15. The fourth-order valence-corrected chi connectivity index (χ4v) is 6.55. The molecular formula is C17H31FSi. The second kappa shape index (κ2) is 6.00. The normalized spacial score (nSPS) is 18.9. The summed E-state index contributed by atoms with van der Waals surface area (Å²) in [5, 5.41) is -0.629. The minimum atomic E-state index is -3.10. The largest absolute Gasteiger partial charge is 0.333 e. The van der Waals surface area contributed by atoms with Crippen LogP contribution in [0.1, 0.15) is 80.1 Å². The van der Waals surface area contributed by atoms with Gasteiger partial charge in [0.2, 0.25) is 0 Å². The van der Waals surface area contributed by atoms with Crippen LogP contribution in [0.3, 0.4) is 0 Å². The quantitative estimate of drug-likeness (QED) is 0.313. The number of rotatable bonds is 1. The van der Waals surface area contributed by atoms with Gasteiger partial charge in [-0.3, -0.25) is 4.11 Å². The van der Waals surface area contributed by atoms with Gasteiger partial charge >= 0.3 is 8.41 Å². The van der Waals surface area contributed by atoms with Gasteiger partial charge in [0.05, 0.1) is 0 Å². The summed E-state index contributed by atoms with van der Waals surface area (Å²) >= 11 is 0. The maximum absolute atomic E-state index is 15.5. The van der Waals surface area contributed by atoms with E-state index in [1.165, 1.54) is 32.1 Å². The van der Waals surface area contributed by atoms with Crippen LogP contribution in [0.5, 0.6) is 0 Å². The van der Waals surface area contributed by atoms with E-state index < -0.39 is 8.41 Å². The molecule has 1 aliphatic rings. The third-order valence-corrected chi connectivity index (χ3v) is 9.10. The lowest BCUT2D eigenvalue weighted by atomic mass is 9.87. The van der Waals surface area contributed by atoms with E-state index >= 15 is 4.11 Å². The van der Waals surface area contributed by atoms with Crippen molar-refractivity contribution in [3.05, 3.63) is 0 Å². The average Bonchev–Trinajstić information content (AvgIpc) is 2.27. The Bertz CT molecular complexity index is 328. The molecule has 0 radical (unpaired) electrons. The van der Waals surface area contributed by atoms with Crippen molar-refractivity contribution in [2.45, 2.75) is 90.1 Å². The van der Waals surface area contributed by atoms with Gasteiger partial charge in [-0.1, -0.05) is 66.3 Å². The second-order valence-electron chi connectivity index (χ2n) is 8.17. The highest BCUT2D eigenvalue weighted by Gasteiger charge is 2.54. The third-order valence-electron chi connectivity index (χ3n) is 4.44. The minimum absolute atomic E-state index is 0.315. The maximum atomic E-state index is 15.5. The highest BCUT2D eigenvalue weighted by Crippen LogP contribution is 2.51. The summed E-state index contributed by atoms with van der Waals surface area (Å²) in [6.45, 7) is 12.1. The Morgan fingerprint density at radius 3 is 1.84 bits per heavy atom. The first-order chi connectivity index (χ1) is 8.58. The summed E-state index contributed by atoms with van der Waals surface area (Å²) < 4.78 is 15.5. The SMILES string of the molecule is CC(C)(C)[Si](F)(C#CCC1CCCCC1)C(C)(C)C. The smallest absolute Gasteiger partial charge is 0.296 e. The summed E-state index contributed by atoms with van der Waals surface area (Å²) in [7, 11) is -3.10. The van der Waals surface area contributed by atoms with Crippen LogP contribution < -0.4 is 0 Å². The van der Waals surface area contributed by atoms with E-state index in [0.717, 1.165) is 12.3 Å². The Balaban J connectivity index is 2.79. The third kappa shape index (κ3) is 4.08. The lowest BCUT2D eigenvalue weighted by Crippen LogP contribution is -2.47. The molecule has 0 nitrogen and oxygen atoms in total. The van der Waals surface area contributed by atoms with Crippen molar-refractivity contribution in [1.29, 1.82) is 0 Å². The molecule has 1 saturated carbocycles. The van der Waals surface area contributed by atoms with E-state index in [-0.39, 0.29) is 10.1 Å². The molecule has 0 spiro atoms. The highest BCUT2D eigenvalue weighted by atomic mass is 28.4. The van der Waals surface area contributed by atoms with Crippen LogP contribution >= 0.6 is 0 Å². The molecule has 0 heterocycles. The molecule has 0 saturated heterocycles. The molecule has 2 heteroatoms. The van der Waals surface area contributed by atoms with Crippen LogP contribution in [0, 0.1) is 17.4 Å². The van der Waals surface area contributed by atoms with Crippen molar-refractivity contribution in [1.82, 2.24) is 0 Å². The Morgan fingerprint density at radius 2 is 1.42 bits per heavy atom. The molecule has 0 aliphatic heterocycles. The molecule has 0 aromatic rings. The molecule has 0 bridgehead atoms. The van der Waals surface area contributed by atoms with Gasteiger partial charge in [-0.2, -0.15) is 0 Å². The summed E-state index contributed by atoms with van der Waals surface area (Å²) in [6.07, 6.45) is 7.54. The van der Waals surface area contributed by atoms with E-state index in [1.54, 1.807) is 0 Å². The number of halogens is 1. The maximum Gasteiger partial charge on any atom is 0.333 e. The van der Waals surface area contributed by atoms with Crippen LogP contribution in [0.15, 0.2) is 0 Å². The second-order valence-corrected chi connectivity index (χ2v) is 12.7. The van der Waals surface area contributed by atoms with Crippen molar-refractivity contribution in [3.63, 3.8) is 0 Å². The lowest BCUT2D eigenvalue weighted by Gasteiger charge is -2.40. The van der Waals surface area contributed by atoms with Crippen molar-refractivity contribution in [3.8, 4) is 11.5 Å². The molecular weight excluding hydrogens is 251 g/mol. The summed E-state index contributed by atoms with van der Waals surface area (Å²) in [6, 6.07) is 0. The van der Waals surface area contributed by atoms with Crippen LogP contribution in [-0.2, 0) is 0 Å². The van der Waals surface area contributed by atoms with Crippen LogP contribution in [-0.4, -0.2) is 8.41 Å². The topological polar surface area (TPSA) is 0 Å². The molecule has 0 aromatic carbocycles. The van der Waals surface area contributed by atoms with Crippen molar-refractivity contribution in [2.24, 2.45) is 5.92 Å². The first-order valence-electron chi connectivity index (χ1n) is 7.77. The van der Waals surface area contributed by atoms with Gasteiger partial charge in [0.15, 0.2) is 0 Å². The van der Waals surface area contributed by atoms with E-state index in [2.05, 4.69) is 11.5 Å². The average molecular weight is 283 g/mol. The van der Waals surface area contributed by atoms with Crippen molar-refractivity contribution < 1.29 is 4.11 Å². The van der Waals surface area contributed by atoms with Crippen molar-refractivity contribution in [2.75, 3.05) is 0 Å². The monoisotopic (exact) mass is 282 g/mol. The van der Waals surface area contributed by atoms with E-state index in [9.17, 15) is 0 Å². The molecule has 0 atom stereocenters. The fourth-order valence-electron chi connectivity index (χ4n) is 3.21. The number of hydrogen-bond acceptors (Lipinski definition) is 0.